The lowest BCUT2D eigenvalue weighted by molar-refractivity contribution is -0.138. The average Bonchev–Trinajstić information content (AvgIpc) is 2.87. The highest BCUT2D eigenvalue weighted by molar-refractivity contribution is 6.01. The van der Waals surface area contributed by atoms with Gasteiger partial charge in [0.15, 0.2) is 0 Å². The molecule has 0 spiro atoms. The molecule has 0 unspecified atom stereocenters. The number of halogens is 1. The van der Waals surface area contributed by atoms with E-state index in [0.717, 1.165) is 43.6 Å². The van der Waals surface area contributed by atoms with E-state index in [0.29, 0.717) is 43.2 Å². The van der Waals surface area contributed by atoms with E-state index in [-0.39, 0.29) is 17.7 Å². The summed E-state index contributed by atoms with van der Waals surface area (Å²) < 4.78 is 13.5. The predicted molar refractivity (Wildman–Crippen MR) is 134 cm³/mol. The smallest absolute Gasteiger partial charge is 0.225 e. The highest BCUT2D eigenvalue weighted by Gasteiger charge is 2.33. The minimum absolute atomic E-state index is 0.00713. The summed E-state index contributed by atoms with van der Waals surface area (Å²) in [6, 6.07) is 7.65. The molecule has 2 saturated heterocycles. The Morgan fingerprint density at radius 1 is 1.06 bits per heavy atom. The Labute approximate surface area is 202 Å². The first-order valence-electron chi connectivity index (χ1n) is 12.4. The van der Waals surface area contributed by atoms with Crippen LogP contribution in [-0.4, -0.2) is 57.6 Å². The molecule has 2 aliphatic heterocycles. The van der Waals surface area contributed by atoms with Crippen LogP contribution in [0.1, 0.15) is 56.4 Å². The molecule has 2 aliphatic rings. The van der Waals surface area contributed by atoms with Crippen molar-refractivity contribution >= 4 is 17.4 Å². The van der Waals surface area contributed by atoms with E-state index in [1.807, 2.05) is 49.9 Å². The predicted octanol–water partition coefficient (Wildman–Crippen LogP) is 4.22. The van der Waals surface area contributed by atoms with Crippen molar-refractivity contribution in [3.05, 3.63) is 53.5 Å². The summed E-state index contributed by atoms with van der Waals surface area (Å²) in [6.07, 6.45) is 6.56. The van der Waals surface area contributed by atoms with Crippen molar-refractivity contribution in [3.8, 4) is 0 Å². The van der Waals surface area contributed by atoms with E-state index in [2.05, 4.69) is 20.1 Å². The van der Waals surface area contributed by atoms with Gasteiger partial charge in [0.2, 0.25) is 5.91 Å². The Bertz CT molecular complexity index is 965. The van der Waals surface area contributed by atoms with E-state index < -0.39 is 0 Å². The molecule has 1 amide bonds. The highest BCUT2D eigenvalue weighted by atomic mass is 19.2. The average molecular weight is 469 g/mol. The van der Waals surface area contributed by atoms with E-state index in [4.69, 9.17) is 5.73 Å². The van der Waals surface area contributed by atoms with E-state index >= 15 is 0 Å². The molecule has 2 aromatic rings. The van der Waals surface area contributed by atoms with Gasteiger partial charge in [-0.1, -0.05) is 29.6 Å². The number of carbonyl (C=O) groups excluding carboxylic acids is 1. The number of piperidine rings is 2. The number of nitrogens with zero attached hydrogens (tertiary/aromatic N) is 5. The normalized spacial score (nSPS) is 18.4. The molecule has 0 radical (unpaired) electrons. The van der Waals surface area contributed by atoms with Gasteiger partial charge in [0.1, 0.15) is 11.5 Å². The van der Waals surface area contributed by atoms with Gasteiger partial charge in [-0.15, -0.1) is 0 Å². The van der Waals surface area contributed by atoms with Crippen LogP contribution in [0.15, 0.2) is 41.9 Å². The van der Waals surface area contributed by atoms with Gasteiger partial charge in [0.05, 0.1) is 5.69 Å². The minimum atomic E-state index is -0.00713. The van der Waals surface area contributed by atoms with Crippen LogP contribution in [0.5, 0.6) is 0 Å². The number of carbonyl (C=O) groups is 1. The van der Waals surface area contributed by atoms with Gasteiger partial charge in [0.25, 0.3) is 0 Å². The summed E-state index contributed by atoms with van der Waals surface area (Å²) in [5, 5.41) is 3.08. The van der Waals surface area contributed by atoms with E-state index in [9.17, 15) is 9.28 Å². The monoisotopic (exact) mass is 468 g/mol. The number of aromatic nitrogens is 2. The number of nitrogen functional groups attached to an aromatic ring is 1. The largest absolute Gasteiger partial charge is 0.384 e. The first kappa shape index (κ1) is 25.7. The van der Waals surface area contributed by atoms with E-state index in [1.165, 1.54) is 0 Å². The lowest BCUT2D eigenvalue weighted by Gasteiger charge is -2.37. The van der Waals surface area contributed by atoms with Gasteiger partial charge in [-0.3, -0.25) is 14.7 Å². The molecular weight excluding hydrogens is 431 g/mol. The van der Waals surface area contributed by atoms with Gasteiger partial charge in [-0.2, -0.15) is 0 Å². The number of hydrogen-bond acceptors (Lipinski definition) is 6. The molecule has 0 aromatic carbocycles. The van der Waals surface area contributed by atoms with Gasteiger partial charge < -0.3 is 10.6 Å². The van der Waals surface area contributed by atoms with Crippen molar-refractivity contribution < 1.29 is 9.28 Å². The first-order chi connectivity index (χ1) is 16.5. The van der Waals surface area contributed by atoms with Crippen LogP contribution in [0.2, 0.25) is 0 Å². The fourth-order valence-corrected chi connectivity index (χ4v) is 4.88. The maximum Gasteiger partial charge on any atom is 0.225 e. The number of hydrogen-bond donors (Lipinski definition) is 1. The van der Waals surface area contributed by atoms with Crippen LogP contribution in [0.25, 0.3) is 0 Å². The van der Waals surface area contributed by atoms with E-state index in [1.54, 1.807) is 12.4 Å². The number of likely N-dealkylation sites (tertiary alicyclic amines) is 2. The Balaban J connectivity index is 0.00000158. The summed E-state index contributed by atoms with van der Waals surface area (Å²) in [5.74, 6) is 0.837. The fraction of sp³-hybridized carbons (Fsp3) is 0.538. The second kappa shape index (κ2) is 12.6. The zero-order valence-electron chi connectivity index (χ0n) is 20.6. The number of pyridine rings is 2. The van der Waals surface area contributed by atoms with Crippen LogP contribution in [0.3, 0.4) is 0 Å². The maximum absolute atomic E-state index is 13.5. The fourth-order valence-electron chi connectivity index (χ4n) is 4.88. The van der Waals surface area contributed by atoms with Crippen molar-refractivity contribution in [2.24, 2.45) is 17.1 Å². The number of aryl methyl sites for hydroxylation is 1. The second-order valence-corrected chi connectivity index (χ2v) is 8.88. The third-order valence-corrected chi connectivity index (χ3v) is 6.72. The number of nitrogens with two attached hydrogens (primary N) is 1. The third kappa shape index (κ3) is 6.38. The zero-order chi connectivity index (χ0) is 24.5. The van der Waals surface area contributed by atoms with Crippen molar-refractivity contribution in [3.63, 3.8) is 0 Å². The highest BCUT2D eigenvalue weighted by Crippen LogP contribution is 2.27. The summed E-state index contributed by atoms with van der Waals surface area (Å²) >= 11 is 0. The lowest BCUT2D eigenvalue weighted by Crippen LogP contribution is -2.46. The SMILES string of the molecule is CC.Cc1cccnc1/C(=N\F)C1CCN(C(=O)C2CCN(Cc3ccnc(N)c3)CC2)CC1. The minimum Gasteiger partial charge on any atom is -0.384 e. The molecule has 7 nitrogen and oxygen atoms in total. The van der Waals surface area contributed by atoms with Crippen molar-refractivity contribution in [2.45, 2.75) is 53.0 Å². The zero-order valence-corrected chi connectivity index (χ0v) is 20.6. The maximum atomic E-state index is 13.5. The standard InChI is InChI=1S/C24H31FN6O.C2H6/c1-17-3-2-9-28-22(17)23(29-25)19-7-13-31(14-8-19)24(32)20-5-11-30(12-6-20)16-18-4-10-27-21(26)15-18;1-2/h2-4,9-10,15,19-20H,5-8,11-14,16H2,1H3,(H2,26,27);1-2H3/b29-23-;. The molecule has 4 heterocycles. The molecule has 2 fully saturated rings. The van der Waals surface area contributed by atoms with Gasteiger partial charge in [-0.05, 0) is 75.0 Å². The Morgan fingerprint density at radius 2 is 1.74 bits per heavy atom. The summed E-state index contributed by atoms with van der Waals surface area (Å²) in [5.41, 5.74) is 8.89. The molecule has 2 aromatic heterocycles. The molecule has 8 heteroatoms. The van der Waals surface area contributed by atoms with Crippen LogP contribution >= 0.6 is 0 Å². The van der Waals surface area contributed by atoms with Crippen LogP contribution in [0.4, 0.5) is 10.3 Å². The van der Waals surface area contributed by atoms with Crippen LogP contribution in [-0.2, 0) is 11.3 Å². The summed E-state index contributed by atoms with van der Waals surface area (Å²) in [7, 11) is 0. The topological polar surface area (TPSA) is 87.7 Å². The molecule has 0 atom stereocenters. The quantitative estimate of drug-likeness (QED) is 0.664. The number of rotatable bonds is 5. The van der Waals surface area contributed by atoms with Crippen molar-refractivity contribution in [1.82, 2.24) is 19.8 Å². The molecule has 0 aliphatic carbocycles. The lowest BCUT2D eigenvalue weighted by atomic mass is 9.87. The first-order valence-corrected chi connectivity index (χ1v) is 12.4. The molecule has 0 saturated carbocycles. The van der Waals surface area contributed by atoms with Gasteiger partial charge >= 0.3 is 0 Å². The second-order valence-electron chi connectivity index (χ2n) is 8.88. The van der Waals surface area contributed by atoms with Gasteiger partial charge in [-0.25, -0.2) is 4.98 Å². The molecule has 184 valence electrons. The summed E-state index contributed by atoms with van der Waals surface area (Å²) in [4.78, 5) is 25.8. The van der Waals surface area contributed by atoms with Crippen LogP contribution < -0.4 is 5.73 Å². The van der Waals surface area contributed by atoms with Gasteiger partial charge in [0, 0.05) is 43.9 Å². The molecule has 2 N–H and O–H groups in total. The number of anilines is 1. The molecular formula is C26H37FN6O. The van der Waals surface area contributed by atoms with Crippen molar-refractivity contribution in [1.29, 1.82) is 0 Å². The Morgan fingerprint density at radius 3 is 2.35 bits per heavy atom. The number of amides is 1. The van der Waals surface area contributed by atoms with Crippen molar-refractivity contribution in [2.75, 3.05) is 31.9 Å². The Hall–Kier alpha value is -2.87. The molecule has 4 rings (SSSR count). The Kier molecular flexibility index (Phi) is 9.51. The third-order valence-electron chi connectivity index (χ3n) is 6.72. The molecule has 0 bridgehead atoms. The summed E-state index contributed by atoms with van der Waals surface area (Å²) in [6.45, 7) is 9.83. The van der Waals surface area contributed by atoms with Crippen LogP contribution in [0, 0.1) is 18.8 Å². The molecule has 34 heavy (non-hydrogen) atoms.